The maximum absolute atomic E-state index is 13.9. The normalized spacial score (nSPS) is 14.0. The van der Waals surface area contributed by atoms with Crippen LogP contribution in [-0.4, -0.2) is 35.1 Å². The molecule has 0 fully saturated rings. The van der Waals surface area contributed by atoms with Gasteiger partial charge in [0.25, 0.3) is 0 Å². The largest absolute Gasteiger partial charge is 0.435 e. The molecule has 1 aromatic heterocycles. The van der Waals surface area contributed by atoms with Gasteiger partial charge in [0.1, 0.15) is 30.4 Å². The fraction of sp³-hybridized carbons (Fsp3) is 0.211. The summed E-state index contributed by atoms with van der Waals surface area (Å²) in [4.78, 5) is 14.9. The Labute approximate surface area is 158 Å². The van der Waals surface area contributed by atoms with Crippen molar-refractivity contribution in [3.05, 3.63) is 54.1 Å². The molecule has 1 aliphatic heterocycles. The van der Waals surface area contributed by atoms with E-state index in [1.165, 1.54) is 30.6 Å². The molecule has 0 unspecified atom stereocenters. The van der Waals surface area contributed by atoms with Crippen molar-refractivity contribution in [2.24, 2.45) is 9.98 Å². The highest BCUT2D eigenvalue weighted by Crippen LogP contribution is 2.25. The maximum atomic E-state index is 13.9. The minimum absolute atomic E-state index is 0.0575. The van der Waals surface area contributed by atoms with Gasteiger partial charge in [0.05, 0.1) is 11.0 Å². The topological polar surface area (TPSA) is 55.0 Å². The standard InChI is InChI=1S/C19H16F3N5O/c1-2-17-25-15-8-3-12(20)9-16(15)27(17)19-24-10-23-11-26(19)13-4-6-14(7-5-13)28-18(21)22/h3-10,18H,2,11H2,1H3. The second kappa shape index (κ2) is 7.34. The first-order chi connectivity index (χ1) is 13.6. The number of aromatic nitrogens is 2. The van der Waals surface area contributed by atoms with Crippen molar-refractivity contribution in [1.82, 2.24) is 9.55 Å². The zero-order valence-corrected chi connectivity index (χ0v) is 14.9. The number of ether oxygens (including phenoxy) is 1. The molecule has 0 aliphatic carbocycles. The van der Waals surface area contributed by atoms with Crippen LogP contribution >= 0.6 is 0 Å². The van der Waals surface area contributed by atoms with Gasteiger partial charge in [-0.2, -0.15) is 8.78 Å². The van der Waals surface area contributed by atoms with E-state index in [-0.39, 0.29) is 18.2 Å². The summed E-state index contributed by atoms with van der Waals surface area (Å²) in [6.07, 6.45) is 2.05. The predicted octanol–water partition coefficient (Wildman–Crippen LogP) is 4.05. The fourth-order valence-electron chi connectivity index (χ4n) is 3.09. The van der Waals surface area contributed by atoms with Crippen molar-refractivity contribution in [1.29, 1.82) is 0 Å². The molecule has 0 saturated heterocycles. The minimum Gasteiger partial charge on any atom is -0.435 e. The highest BCUT2D eigenvalue weighted by Gasteiger charge is 2.23. The first kappa shape index (κ1) is 18.0. The molecule has 3 aromatic rings. The number of nitrogens with zero attached hydrogens (tertiary/aromatic N) is 5. The first-order valence-electron chi connectivity index (χ1n) is 8.62. The molecule has 0 atom stereocenters. The Hall–Kier alpha value is -3.36. The highest BCUT2D eigenvalue weighted by molar-refractivity contribution is 6.06. The van der Waals surface area contributed by atoms with E-state index in [1.54, 1.807) is 27.7 Å². The lowest BCUT2D eigenvalue weighted by Crippen LogP contribution is -2.39. The third kappa shape index (κ3) is 3.30. The average molecular weight is 387 g/mol. The Morgan fingerprint density at radius 2 is 1.93 bits per heavy atom. The molecule has 9 heteroatoms. The lowest BCUT2D eigenvalue weighted by molar-refractivity contribution is -0.0498. The molecule has 0 N–H and O–H groups in total. The van der Waals surface area contributed by atoms with E-state index in [1.807, 2.05) is 6.92 Å². The number of imidazole rings is 1. The summed E-state index contributed by atoms with van der Waals surface area (Å²) in [7, 11) is 0. The van der Waals surface area contributed by atoms with Crippen LogP contribution in [0.25, 0.3) is 11.0 Å². The van der Waals surface area contributed by atoms with Crippen molar-refractivity contribution in [3.8, 4) is 5.75 Å². The summed E-state index contributed by atoms with van der Waals surface area (Å²) in [6.45, 7) is -0.667. The van der Waals surface area contributed by atoms with Crippen molar-refractivity contribution >= 4 is 29.0 Å². The van der Waals surface area contributed by atoms with Crippen molar-refractivity contribution in [2.45, 2.75) is 20.0 Å². The molecule has 0 saturated carbocycles. The van der Waals surface area contributed by atoms with Crippen molar-refractivity contribution in [2.75, 3.05) is 11.6 Å². The van der Waals surface area contributed by atoms with Gasteiger partial charge in [-0.25, -0.2) is 14.4 Å². The fourth-order valence-corrected chi connectivity index (χ4v) is 3.09. The van der Waals surface area contributed by atoms with Gasteiger partial charge in [0.15, 0.2) is 0 Å². The van der Waals surface area contributed by atoms with Crippen LogP contribution in [0.4, 0.5) is 18.9 Å². The number of rotatable bonds is 4. The molecule has 0 spiro atoms. The predicted molar refractivity (Wildman–Crippen MR) is 101 cm³/mol. The molecule has 4 rings (SSSR count). The molecule has 2 heterocycles. The van der Waals surface area contributed by atoms with E-state index in [9.17, 15) is 13.2 Å². The highest BCUT2D eigenvalue weighted by atomic mass is 19.3. The molecular weight excluding hydrogens is 371 g/mol. The second-order valence-electron chi connectivity index (χ2n) is 6.02. The Morgan fingerprint density at radius 3 is 2.64 bits per heavy atom. The smallest absolute Gasteiger partial charge is 0.387 e. The summed E-state index contributed by atoms with van der Waals surface area (Å²) < 4.78 is 44.8. The van der Waals surface area contributed by atoms with Gasteiger partial charge in [0.2, 0.25) is 5.96 Å². The molecule has 1 aliphatic rings. The van der Waals surface area contributed by atoms with E-state index in [0.717, 1.165) is 5.82 Å². The molecule has 6 nitrogen and oxygen atoms in total. The van der Waals surface area contributed by atoms with Crippen LogP contribution in [-0.2, 0) is 6.42 Å². The number of aliphatic imine (C=N–C) groups is 2. The third-order valence-electron chi connectivity index (χ3n) is 4.30. The number of benzene rings is 2. The van der Waals surface area contributed by atoms with E-state index in [4.69, 9.17) is 0 Å². The third-order valence-corrected chi connectivity index (χ3v) is 4.30. The van der Waals surface area contributed by atoms with Gasteiger partial charge in [-0.15, -0.1) is 0 Å². The molecule has 28 heavy (non-hydrogen) atoms. The zero-order chi connectivity index (χ0) is 19.7. The van der Waals surface area contributed by atoms with Crippen LogP contribution in [0.2, 0.25) is 0 Å². The molecule has 0 bridgehead atoms. The Bertz CT molecular complexity index is 1060. The van der Waals surface area contributed by atoms with Gasteiger partial charge < -0.3 is 4.74 Å². The van der Waals surface area contributed by atoms with Crippen LogP contribution in [0.3, 0.4) is 0 Å². The quantitative estimate of drug-likeness (QED) is 0.679. The summed E-state index contributed by atoms with van der Waals surface area (Å²) in [5.74, 6) is 0.906. The van der Waals surface area contributed by atoms with Crippen LogP contribution in [0.5, 0.6) is 5.75 Å². The van der Waals surface area contributed by atoms with Crippen LogP contribution in [0, 0.1) is 5.82 Å². The van der Waals surface area contributed by atoms with E-state index < -0.39 is 6.61 Å². The monoisotopic (exact) mass is 387 g/mol. The molecule has 0 radical (unpaired) electrons. The van der Waals surface area contributed by atoms with Crippen molar-refractivity contribution in [3.63, 3.8) is 0 Å². The van der Waals surface area contributed by atoms with Crippen LogP contribution in [0.1, 0.15) is 12.7 Å². The van der Waals surface area contributed by atoms with E-state index >= 15 is 0 Å². The van der Waals surface area contributed by atoms with Crippen LogP contribution < -0.4 is 9.64 Å². The maximum Gasteiger partial charge on any atom is 0.387 e. The zero-order valence-electron chi connectivity index (χ0n) is 14.9. The summed E-state index contributed by atoms with van der Waals surface area (Å²) >= 11 is 0. The molecule has 144 valence electrons. The number of hydrogen-bond donors (Lipinski definition) is 0. The first-order valence-corrected chi connectivity index (χ1v) is 8.62. The average Bonchev–Trinajstić information content (AvgIpc) is 3.05. The van der Waals surface area contributed by atoms with Gasteiger partial charge in [-0.3, -0.25) is 14.5 Å². The summed E-state index contributed by atoms with van der Waals surface area (Å²) in [5, 5.41) is 0. The summed E-state index contributed by atoms with van der Waals surface area (Å²) in [5.41, 5.74) is 1.93. The second-order valence-corrected chi connectivity index (χ2v) is 6.02. The van der Waals surface area contributed by atoms with Crippen LogP contribution in [0.15, 0.2) is 52.4 Å². The number of fused-ring (bicyclic) bond motifs is 1. The molecular formula is C19H16F3N5O. The minimum atomic E-state index is -2.89. The lowest BCUT2D eigenvalue weighted by Gasteiger charge is -2.27. The van der Waals surface area contributed by atoms with Crippen molar-refractivity contribution < 1.29 is 17.9 Å². The van der Waals surface area contributed by atoms with Gasteiger partial charge in [-0.05, 0) is 36.4 Å². The number of aryl methyl sites for hydroxylation is 1. The number of anilines is 1. The van der Waals surface area contributed by atoms with E-state index in [2.05, 4.69) is 19.7 Å². The lowest BCUT2D eigenvalue weighted by atomic mass is 10.2. The van der Waals surface area contributed by atoms with Gasteiger partial charge in [0, 0.05) is 18.2 Å². The number of hydrogen-bond acceptors (Lipinski definition) is 5. The number of halogens is 3. The van der Waals surface area contributed by atoms with E-state index in [0.29, 0.717) is 29.1 Å². The Kier molecular flexibility index (Phi) is 4.72. The molecule has 0 amide bonds. The van der Waals surface area contributed by atoms with Gasteiger partial charge in [-0.1, -0.05) is 6.92 Å². The SMILES string of the molecule is CCc1nc2ccc(F)cc2n1C1=NC=NCN1c1ccc(OC(F)F)cc1. The Balaban J connectivity index is 1.78. The van der Waals surface area contributed by atoms with Gasteiger partial charge >= 0.3 is 6.61 Å². The Morgan fingerprint density at radius 1 is 1.14 bits per heavy atom. The summed E-state index contributed by atoms with van der Waals surface area (Å²) in [6, 6.07) is 10.6. The number of alkyl halides is 2. The molecule has 2 aromatic carbocycles.